The van der Waals surface area contributed by atoms with Gasteiger partial charge in [-0.15, -0.1) is 0 Å². The summed E-state index contributed by atoms with van der Waals surface area (Å²) in [6.07, 6.45) is 7.58. The Kier molecular flexibility index (Phi) is 2.33. The Hall–Kier alpha value is -0.870. The predicted octanol–water partition coefficient (Wildman–Crippen LogP) is 0.725. The van der Waals surface area contributed by atoms with Gasteiger partial charge in [0.15, 0.2) is 0 Å². The Balaban J connectivity index is 2.06. The number of nitrogens with one attached hydrogen (secondary N) is 1. The lowest BCUT2D eigenvalue weighted by molar-refractivity contribution is 0.454. The van der Waals surface area contributed by atoms with Crippen LogP contribution in [0.4, 0.5) is 0 Å². The molecule has 13 heavy (non-hydrogen) atoms. The third-order valence-electron chi connectivity index (χ3n) is 2.64. The van der Waals surface area contributed by atoms with Crippen molar-refractivity contribution in [1.82, 2.24) is 15.0 Å². The van der Waals surface area contributed by atoms with Crippen LogP contribution in [0.2, 0.25) is 0 Å². The van der Waals surface area contributed by atoms with E-state index >= 15 is 0 Å². The maximum Gasteiger partial charge on any atom is 0.126 e. The number of hydrogen-bond donors (Lipinski definition) is 2. The topological polar surface area (TPSA) is 55.9 Å². The Morgan fingerprint density at radius 1 is 1.77 bits per heavy atom. The van der Waals surface area contributed by atoms with Gasteiger partial charge in [-0.05, 0) is 12.3 Å². The average molecular weight is 180 g/mol. The van der Waals surface area contributed by atoms with Crippen LogP contribution in [0, 0.1) is 5.92 Å². The third kappa shape index (κ3) is 1.89. The minimum absolute atomic E-state index is 0.215. The molecule has 1 aliphatic carbocycles. The van der Waals surface area contributed by atoms with E-state index in [1.54, 1.807) is 0 Å². The standard InChI is InChI=1S/C9H16N4/c1-13-5-4-11-9(13)8(12-10)6-7-2-3-7/h4-5,7-8,12H,2-3,6,10H2,1H3. The molecule has 1 aromatic heterocycles. The molecule has 3 N–H and O–H groups in total. The van der Waals surface area contributed by atoms with E-state index in [0.717, 1.165) is 18.2 Å². The summed E-state index contributed by atoms with van der Waals surface area (Å²) in [6.45, 7) is 0. The van der Waals surface area contributed by atoms with Gasteiger partial charge in [-0.2, -0.15) is 0 Å². The summed E-state index contributed by atoms with van der Waals surface area (Å²) in [7, 11) is 2.00. The summed E-state index contributed by atoms with van der Waals surface area (Å²) >= 11 is 0. The van der Waals surface area contributed by atoms with E-state index in [4.69, 9.17) is 5.84 Å². The highest BCUT2D eigenvalue weighted by Gasteiger charge is 2.27. The van der Waals surface area contributed by atoms with Gasteiger partial charge in [0.2, 0.25) is 0 Å². The molecule has 1 fully saturated rings. The second-order valence-corrected chi connectivity index (χ2v) is 3.79. The van der Waals surface area contributed by atoms with Crippen LogP contribution in [0.25, 0.3) is 0 Å². The number of nitrogens with zero attached hydrogens (tertiary/aromatic N) is 2. The Morgan fingerprint density at radius 2 is 2.54 bits per heavy atom. The van der Waals surface area contributed by atoms with Crippen LogP contribution in [-0.2, 0) is 7.05 Å². The van der Waals surface area contributed by atoms with Crippen molar-refractivity contribution in [3.63, 3.8) is 0 Å². The van der Waals surface area contributed by atoms with Gasteiger partial charge < -0.3 is 4.57 Å². The van der Waals surface area contributed by atoms with E-state index in [0.29, 0.717) is 0 Å². The van der Waals surface area contributed by atoms with E-state index in [-0.39, 0.29) is 6.04 Å². The third-order valence-corrected chi connectivity index (χ3v) is 2.64. The monoisotopic (exact) mass is 180 g/mol. The van der Waals surface area contributed by atoms with Crippen molar-refractivity contribution in [1.29, 1.82) is 0 Å². The first-order chi connectivity index (χ1) is 6.31. The van der Waals surface area contributed by atoms with Crippen LogP contribution in [-0.4, -0.2) is 9.55 Å². The summed E-state index contributed by atoms with van der Waals surface area (Å²) in [5.41, 5.74) is 2.83. The molecule has 0 spiro atoms. The molecule has 2 rings (SSSR count). The molecule has 0 bridgehead atoms. The Bertz CT molecular complexity index is 277. The number of rotatable bonds is 4. The molecule has 1 saturated carbocycles. The molecule has 0 saturated heterocycles. The lowest BCUT2D eigenvalue weighted by Gasteiger charge is -2.14. The fraction of sp³-hybridized carbons (Fsp3) is 0.667. The molecule has 1 unspecified atom stereocenters. The molecule has 72 valence electrons. The van der Waals surface area contributed by atoms with Crippen LogP contribution < -0.4 is 11.3 Å². The first-order valence-electron chi connectivity index (χ1n) is 4.74. The van der Waals surface area contributed by atoms with Gasteiger partial charge in [-0.25, -0.2) is 10.4 Å². The van der Waals surface area contributed by atoms with Crippen molar-refractivity contribution in [2.75, 3.05) is 0 Å². The largest absolute Gasteiger partial charge is 0.337 e. The maximum atomic E-state index is 5.51. The number of aromatic nitrogens is 2. The second-order valence-electron chi connectivity index (χ2n) is 3.79. The Labute approximate surface area is 78.1 Å². The molecule has 1 aliphatic rings. The van der Waals surface area contributed by atoms with Crippen molar-refractivity contribution in [3.8, 4) is 0 Å². The highest BCUT2D eigenvalue weighted by molar-refractivity contribution is 4.99. The van der Waals surface area contributed by atoms with Crippen LogP contribution >= 0.6 is 0 Å². The molecule has 0 aromatic carbocycles. The van der Waals surface area contributed by atoms with E-state index in [1.807, 2.05) is 24.0 Å². The molecular formula is C9H16N4. The van der Waals surface area contributed by atoms with Crippen molar-refractivity contribution in [2.24, 2.45) is 18.8 Å². The molecule has 1 atom stereocenters. The number of nitrogens with two attached hydrogens (primary N) is 1. The van der Waals surface area contributed by atoms with Gasteiger partial charge >= 0.3 is 0 Å². The van der Waals surface area contributed by atoms with Gasteiger partial charge in [-0.1, -0.05) is 12.8 Å². The van der Waals surface area contributed by atoms with E-state index < -0.39 is 0 Å². The summed E-state index contributed by atoms with van der Waals surface area (Å²) in [6, 6.07) is 0.215. The van der Waals surface area contributed by atoms with E-state index in [1.165, 1.54) is 12.8 Å². The molecule has 4 heteroatoms. The molecular weight excluding hydrogens is 164 g/mol. The molecule has 1 aromatic rings. The summed E-state index contributed by atoms with van der Waals surface area (Å²) in [5.74, 6) is 7.40. The number of hydrazine groups is 1. The second kappa shape index (κ2) is 3.47. The zero-order valence-corrected chi connectivity index (χ0v) is 7.90. The lowest BCUT2D eigenvalue weighted by atomic mass is 10.1. The SMILES string of the molecule is Cn1ccnc1C(CC1CC1)NN. The average Bonchev–Trinajstić information content (AvgIpc) is 2.85. The predicted molar refractivity (Wildman–Crippen MR) is 50.6 cm³/mol. The Morgan fingerprint density at radius 3 is 3.00 bits per heavy atom. The quantitative estimate of drug-likeness (QED) is 0.530. The zero-order valence-electron chi connectivity index (χ0n) is 7.90. The normalized spacial score (nSPS) is 18.9. The maximum absolute atomic E-state index is 5.51. The first-order valence-corrected chi connectivity index (χ1v) is 4.74. The van der Waals surface area contributed by atoms with Gasteiger partial charge in [0.05, 0.1) is 6.04 Å². The van der Waals surface area contributed by atoms with Crippen LogP contribution in [0.1, 0.15) is 31.1 Å². The van der Waals surface area contributed by atoms with Crippen molar-refractivity contribution in [2.45, 2.75) is 25.3 Å². The number of hydrogen-bond acceptors (Lipinski definition) is 3. The van der Waals surface area contributed by atoms with Crippen molar-refractivity contribution in [3.05, 3.63) is 18.2 Å². The van der Waals surface area contributed by atoms with Crippen molar-refractivity contribution >= 4 is 0 Å². The molecule has 1 heterocycles. The summed E-state index contributed by atoms with van der Waals surface area (Å²) < 4.78 is 2.02. The smallest absolute Gasteiger partial charge is 0.126 e. The van der Waals surface area contributed by atoms with Crippen LogP contribution in [0.15, 0.2) is 12.4 Å². The van der Waals surface area contributed by atoms with Crippen molar-refractivity contribution < 1.29 is 0 Å². The fourth-order valence-corrected chi connectivity index (χ4v) is 1.65. The van der Waals surface area contributed by atoms with Crippen LogP contribution in [0.5, 0.6) is 0 Å². The first kappa shape index (κ1) is 8.72. The fourth-order valence-electron chi connectivity index (χ4n) is 1.65. The number of imidazole rings is 1. The van der Waals surface area contributed by atoms with Gasteiger partial charge in [-0.3, -0.25) is 5.84 Å². The highest BCUT2D eigenvalue weighted by atomic mass is 15.3. The molecule has 0 aliphatic heterocycles. The lowest BCUT2D eigenvalue weighted by Crippen LogP contribution is -2.30. The number of aryl methyl sites for hydroxylation is 1. The molecule has 4 nitrogen and oxygen atoms in total. The minimum atomic E-state index is 0.215. The van der Waals surface area contributed by atoms with E-state index in [9.17, 15) is 0 Å². The summed E-state index contributed by atoms with van der Waals surface area (Å²) in [5, 5.41) is 0. The van der Waals surface area contributed by atoms with E-state index in [2.05, 4.69) is 10.4 Å². The van der Waals surface area contributed by atoms with Gasteiger partial charge in [0.1, 0.15) is 5.82 Å². The zero-order chi connectivity index (χ0) is 9.26. The molecule has 0 radical (unpaired) electrons. The van der Waals surface area contributed by atoms with Crippen LogP contribution in [0.3, 0.4) is 0 Å². The molecule has 0 amide bonds. The van der Waals surface area contributed by atoms with Gasteiger partial charge in [0.25, 0.3) is 0 Å². The highest BCUT2D eigenvalue weighted by Crippen LogP contribution is 2.36. The summed E-state index contributed by atoms with van der Waals surface area (Å²) in [4.78, 5) is 4.29. The van der Waals surface area contributed by atoms with Gasteiger partial charge in [0, 0.05) is 19.4 Å². The minimum Gasteiger partial charge on any atom is -0.337 e.